The Balaban J connectivity index is 2.78. The number of nitrogens with zero attached hydrogens (tertiary/aromatic N) is 1. The van der Waals surface area contributed by atoms with Crippen molar-refractivity contribution in [3.8, 4) is 0 Å². The van der Waals surface area contributed by atoms with Crippen LogP contribution < -0.4 is 5.32 Å². The van der Waals surface area contributed by atoms with Crippen LogP contribution in [0.4, 0.5) is 0 Å². The number of hydrogen-bond donors (Lipinski definition) is 1. The molecule has 0 aromatic carbocycles. The summed E-state index contributed by atoms with van der Waals surface area (Å²) in [6, 6.07) is 2.97. The van der Waals surface area contributed by atoms with Gasteiger partial charge in [0.2, 0.25) is 0 Å². The number of amides is 1. The number of hydrogen-bond acceptors (Lipinski definition) is 2. The maximum Gasteiger partial charge on any atom is 0.254 e. The molecule has 1 aromatic rings. The van der Waals surface area contributed by atoms with Crippen LogP contribution in [0.1, 0.15) is 10.4 Å². The molecule has 1 rings (SSSR count). The Kier molecular flexibility index (Phi) is 4.39. The molecular weight excluding hydrogens is 258 g/mol. The number of nitrogens with one attached hydrogen (secondary N) is 1. The highest BCUT2D eigenvalue weighted by atomic mass is 35.5. The molecule has 0 bridgehead atoms. The molecule has 1 amide bonds. The molecule has 0 aliphatic rings. The third-order valence-corrected chi connectivity index (χ3v) is 2.13. The van der Waals surface area contributed by atoms with Crippen molar-refractivity contribution in [2.24, 2.45) is 0 Å². The Morgan fingerprint density at radius 1 is 1.47 bits per heavy atom. The second kappa shape index (κ2) is 5.35. The molecule has 1 aromatic heterocycles. The molecule has 0 spiro atoms. The van der Waals surface area contributed by atoms with Gasteiger partial charge in [-0.25, -0.2) is 4.98 Å². The van der Waals surface area contributed by atoms with Gasteiger partial charge in [0.15, 0.2) is 0 Å². The largest absolute Gasteiger partial charge is 0.347 e. The molecule has 0 aliphatic carbocycles. The lowest BCUT2D eigenvalue weighted by Gasteiger charge is -2.04. The van der Waals surface area contributed by atoms with Gasteiger partial charge >= 0.3 is 0 Å². The lowest BCUT2D eigenvalue weighted by atomic mass is 10.2. The Morgan fingerprint density at radius 2 is 2.13 bits per heavy atom. The number of halogens is 3. The molecule has 0 unspecified atom stereocenters. The van der Waals surface area contributed by atoms with E-state index in [1.807, 2.05) is 0 Å². The maximum absolute atomic E-state index is 11.5. The molecule has 0 saturated heterocycles. The van der Waals surface area contributed by atoms with Crippen LogP contribution in [-0.4, -0.2) is 17.4 Å². The summed E-state index contributed by atoms with van der Waals surface area (Å²) in [5, 5.41) is 3.15. The summed E-state index contributed by atoms with van der Waals surface area (Å²) in [6.07, 6.45) is 0. The highest BCUT2D eigenvalue weighted by Gasteiger charge is 2.11. The first-order valence-electron chi connectivity index (χ1n) is 3.94. The quantitative estimate of drug-likeness (QED) is 0.854. The summed E-state index contributed by atoms with van der Waals surface area (Å²) >= 11 is 16.8. The molecular formula is C9H7Cl3N2O. The Hall–Kier alpha value is -0.770. The molecule has 80 valence electrons. The van der Waals surface area contributed by atoms with Gasteiger partial charge in [-0.1, -0.05) is 41.4 Å². The van der Waals surface area contributed by atoms with Crippen molar-refractivity contribution in [1.82, 2.24) is 10.3 Å². The molecule has 0 atom stereocenters. The van der Waals surface area contributed by atoms with Crippen LogP contribution in [0, 0.1) is 0 Å². The molecule has 6 heteroatoms. The van der Waals surface area contributed by atoms with Gasteiger partial charge in [-0.05, 0) is 12.1 Å². The summed E-state index contributed by atoms with van der Waals surface area (Å²) < 4.78 is 0. The molecule has 0 fully saturated rings. The lowest BCUT2D eigenvalue weighted by Crippen LogP contribution is -2.24. The predicted molar refractivity (Wildman–Crippen MR) is 61.6 cm³/mol. The second-order valence-electron chi connectivity index (χ2n) is 2.67. The summed E-state index contributed by atoms with van der Waals surface area (Å²) in [6.45, 7) is 3.62. The minimum Gasteiger partial charge on any atom is -0.347 e. The SMILES string of the molecule is C=C(Cl)CNC(=O)c1ccc(Cl)nc1Cl. The van der Waals surface area contributed by atoms with E-state index in [2.05, 4.69) is 16.9 Å². The van der Waals surface area contributed by atoms with Crippen LogP contribution in [0.15, 0.2) is 23.7 Å². The maximum atomic E-state index is 11.5. The number of carbonyl (C=O) groups is 1. The van der Waals surface area contributed by atoms with E-state index in [0.29, 0.717) is 5.03 Å². The van der Waals surface area contributed by atoms with Crippen LogP contribution >= 0.6 is 34.8 Å². The van der Waals surface area contributed by atoms with E-state index in [0.717, 1.165) is 0 Å². The van der Waals surface area contributed by atoms with Gasteiger partial charge in [0.05, 0.1) is 12.1 Å². The van der Waals surface area contributed by atoms with Gasteiger partial charge < -0.3 is 5.32 Å². The molecule has 1 N–H and O–H groups in total. The topological polar surface area (TPSA) is 42.0 Å². The fourth-order valence-electron chi connectivity index (χ4n) is 0.853. The number of aromatic nitrogens is 1. The van der Waals surface area contributed by atoms with Crippen molar-refractivity contribution in [2.75, 3.05) is 6.54 Å². The van der Waals surface area contributed by atoms with Crippen LogP contribution in [0.25, 0.3) is 0 Å². The van der Waals surface area contributed by atoms with Crippen molar-refractivity contribution in [3.63, 3.8) is 0 Å². The number of rotatable bonds is 3. The Labute approximate surface area is 102 Å². The first kappa shape index (κ1) is 12.3. The van der Waals surface area contributed by atoms with Crippen molar-refractivity contribution in [1.29, 1.82) is 0 Å². The van der Waals surface area contributed by atoms with Crippen molar-refractivity contribution in [3.05, 3.63) is 39.6 Å². The molecule has 3 nitrogen and oxygen atoms in total. The van der Waals surface area contributed by atoms with E-state index in [9.17, 15) is 4.79 Å². The average Bonchev–Trinajstić information content (AvgIpc) is 2.14. The Morgan fingerprint density at radius 3 is 2.67 bits per heavy atom. The first-order chi connectivity index (χ1) is 7.00. The fraction of sp³-hybridized carbons (Fsp3) is 0.111. The van der Waals surface area contributed by atoms with Gasteiger partial charge in [-0.2, -0.15) is 0 Å². The highest BCUT2D eigenvalue weighted by Crippen LogP contribution is 2.16. The summed E-state index contributed by atoms with van der Waals surface area (Å²) in [7, 11) is 0. The van der Waals surface area contributed by atoms with E-state index in [4.69, 9.17) is 34.8 Å². The molecule has 0 saturated carbocycles. The smallest absolute Gasteiger partial charge is 0.254 e. The van der Waals surface area contributed by atoms with Gasteiger partial charge in [0, 0.05) is 5.03 Å². The van der Waals surface area contributed by atoms with Crippen molar-refractivity contribution < 1.29 is 4.79 Å². The van der Waals surface area contributed by atoms with Crippen LogP contribution in [-0.2, 0) is 0 Å². The molecule has 1 heterocycles. The minimum atomic E-state index is -0.369. The van der Waals surface area contributed by atoms with Crippen molar-refractivity contribution >= 4 is 40.7 Å². The fourth-order valence-corrected chi connectivity index (χ4v) is 1.35. The predicted octanol–water partition coefficient (Wildman–Crippen LogP) is 2.87. The normalized spacial score (nSPS) is 9.80. The van der Waals surface area contributed by atoms with Gasteiger partial charge in [-0.15, -0.1) is 0 Å². The zero-order valence-electron chi connectivity index (χ0n) is 7.56. The van der Waals surface area contributed by atoms with E-state index in [1.54, 1.807) is 0 Å². The third-order valence-electron chi connectivity index (χ3n) is 1.50. The van der Waals surface area contributed by atoms with E-state index < -0.39 is 0 Å². The summed E-state index contributed by atoms with van der Waals surface area (Å²) in [5.41, 5.74) is 0.249. The summed E-state index contributed by atoms with van der Waals surface area (Å²) in [5.74, 6) is -0.369. The molecule has 15 heavy (non-hydrogen) atoms. The number of pyridine rings is 1. The van der Waals surface area contributed by atoms with Crippen LogP contribution in [0.3, 0.4) is 0 Å². The number of carbonyl (C=O) groups excluding carboxylic acids is 1. The van der Waals surface area contributed by atoms with Gasteiger partial charge in [0.1, 0.15) is 10.3 Å². The van der Waals surface area contributed by atoms with Crippen LogP contribution in [0.5, 0.6) is 0 Å². The van der Waals surface area contributed by atoms with Crippen LogP contribution in [0.2, 0.25) is 10.3 Å². The van der Waals surface area contributed by atoms with E-state index >= 15 is 0 Å². The minimum absolute atomic E-state index is 0.0557. The van der Waals surface area contributed by atoms with Crippen molar-refractivity contribution in [2.45, 2.75) is 0 Å². The Bertz CT molecular complexity index is 406. The highest BCUT2D eigenvalue weighted by molar-refractivity contribution is 6.34. The lowest BCUT2D eigenvalue weighted by molar-refractivity contribution is 0.0957. The summed E-state index contributed by atoms with van der Waals surface area (Å²) in [4.78, 5) is 15.2. The average molecular weight is 266 g/mol. The standard InChI is InChI=1S/C9H7Cl3N2O/c1-5(10)4-13-9(15)6-2-3-7(11)14-8(6)12/h2-3H,1,4H2,(H,13,15). The zero-order valence-corrected chi connectivity index (χ0v) is 9.83. The monoisotopic (exact) mass is 264 g/mol. The van der Waals surface area contributed by atoms with Gasteiger partial charge in [0.25, 0.3) is 5.91 Å². The zero-order chi connectivity index (χ0) is 11.4. The van der Waals surface area contributed by atoms with Gasteiger partial charge in [-0.3, -0.25) is 4.79 Å². The first-order valence-corrected chi connectivity index (χ1v) is 5.07. The van der Waals surface area contributed by atoms with E-state index in [-0.39, 0.29) is 28.3 Å². The third kappa shape index (κ3) is 3.70. The molecule has 0 aliphatic heterocycles. The second-order valence-corrected chi connectivity index (χ2v) is 3.95. The molecule has 0 radical (unpaired) electrons. The van der Waals surface area contributed by atoms with E-state index in [1.165, 1.54) is 12.1 Å².